The first-order valence-electron chi connectivity index (χ1n) is 8.42. The Kier molecular flexibility index (Phi) is 5.60. The SMILES string of the molecule is CC(C)OC(=O)N1CCC(OCc2nc(-c3ccncc3)no2)CC1. The number of amides is 1. The van der Waals surface area contributed by atoms with Crippen molar-refractivity contribution >= 4 is 6.09 Å². The van der Waals surface area contributed by atoms with E-state index in [-0.39, 0.29) is 24.9 Å². The molecule has 8 nitrogen and oxygen atoms in total. The van der Waals surface area contributed by atoms with Crippen LogP contribution in [0.5, 0.6) is 0 Å². The molecule has 1 amide bonds. The highest BCUT2D eigenvalue weighted by molar-refractivity contribution is 5.67. The molecule has 134 valence electrons. The van der Waals surface area contributed by atoms with E-state index in [0.29, 0.717) is 24.8 Å². The van der Waals surface area contributed by atoms with Gasteiger partial charge in [0, 0.05) is 31.0 Å². The van der Waals surface area contributed by atoms with Gasteiger partial charge in [-0.15, -0.1) is 0 Å². The molecule has 3 heterocycles. The van der Waals surface area contributed by atoms with E-state index in [1.54, 1.807) is 17.3 Å². The van der Waals surface area contributed by atoms with Crippen molar-refractivity contribution in [2.75, 3.05) is 13.1 Å². The average molecular weight is 346 g/mol. The van der Waals surface area contributed by atoms with E-state index in [1.165, 1.54) is 0 Å². The van der Waals surface area contributed by atoms with Crippen molar-refractivity contribution in [3.8, 4) is 11.4 Å². The second kappa shape index (κ2) is 8.06. The standard InChI is InChI=1S/C17H22N4O4/c1-12(2)24-17(22)21-9-5-14(6-10-21)23-11-15-19-16(20-25-15)13-3-7-18-8-4-13/h3-4,7-8,12,14H,5-6,9-11H2,1-2H3. The van der Waals surface area contributed by atoms with Crippen LogP contribution in [0.15, 0.2) is 29.0 Å². The van der Waals surface area contributed by atoms with Crippen LogP contribution < -0.4 is 0 Å². The Morgan fingerprint density at radius 1 is 1.32 bits per heavy atom. The molecule has 25 heavy (non-hydrogen) atoms. The topological polar surface area (TPSA) is 90.6 Å². The van der Waals surface area contributed by atoms with E-state index < -0.39 is 0 Å². The summed E-state index contributed by atoms with van der Waals surface area (Å²) in [6.45, 7) is 5.21. The highest BCUT2D eigenvalue weighted by Gasteiger charge is 2.25. The molecule has 3 rings (SSSR count). The monoisotopic (exact) mass is 346 g/mol. The number of likely N-dealkylation sites (tertiary alicyclic amines) is 1. The number of piperidine rings is 1. The van der Waals surface area contributed by atoms with E-state index >= 15 is 0 Å². The molecule has 0 unspecified atom stereocenters. The first-order valence-corrected chi connectivity index (χ1v) is 8.42. The summed E-state index contributed by atoms with van der Waals surface area (Å²) in [6, 6.07) is 3.64. The highest BCUT2D eigenvalue weighted by atomic mass is 16.6. The summed E-state index contributed by atoms with van der Waals surface area (Å²) in [5.74, 6) is 0.959. The molecule has 0 spiro atoms. The lowest BCUT2D eigenvalue weighted by atomic mass is 10.1. The van der Waals surface area contributed by atoms with Crippen LogP contribution in [0.1, 0.15) is 32.6 Å². The molecule has 0 aliphatic carbocycles. The van der Waals surface area contributed by atoms with E-state index in [2.05, 4.69) is 15.1 Å². The van der Waals surface area contributed by atoms with Crippen LogP contribution in [0.4, 0.5) is 4.79 Å². The van der Waals surface area contributed by atoms with Crippen molar-refractivity contribution < 1.29 is 18.8 Å². The van der Waals surface area contributed by atoms with Gasteiger partial charge in [-0.05, 0) is 38.8 Å². The van der Waals surface area contributed by atoms with Crippen molar-refractivity contribution in [3.63, 3.8) is 0 Å². The Bertz CT molecular complexity index is 681. The number of nitrogens with zero attached hydrogens (tertiary/aromatic N) is 4. The van der Waals surface area contributed by atoms with E-state index in [1.807, 2.05) is 26.0 Å². The van der Waals surface area contributed by atoms with Gasteiger partial charge in [0.1, 0.15) is 6.61 Å². The Morgan fingerprint density at radius 3 is 2.72 bits per heavy atom. The van der Waals surface area contributed by atoms with Gasteiger partial charge in [-0.25, -0.2) is 4.79 Å². The maximum absolute atomic E-state index is 11.9. The number of hydrogen-bond acceptors (Lipinski definition) is 7. The third-order valence-corrected chi connectivity index (χ3v) is 3.89. The molecule has 8 heteroatoms. The van der Waals surface area contributed by atoms with Gasteiger partial charge in [0.2, 0.25) is 5.82 Å². The summed E-state index contributed by atoms with van der Waals surface area (Å²) in [5, 5.41) is 3.95. The van der Waals surface area contributed by atoms with Crippen LogP contribution in [0, 0.1) is 0 Å². The fourth-order valence-corrected chi connectivity index (χ4v) is 2.60. The number of ether oxygens (including phenoxy) is 2. The normalized spacial score (nSPS) is 15.6. The van der Waals surface area contributed by atoms with E-state index in [9.17, 15) is 4.79 Å². The lowest BCUT2D eigenvalue weighted by molar-refractivity contribution is -0.0147. The third-order valence-electron chi connectivity index (χ3n) is 3.89. The summed E-state index contributed by atoms with van der Waals surface area (Å²) in [6.07, 6.45) is 4.59. The van der Waals surface area contributed by atoms with Crippen molar-refractivity contribution in [2.45, 2.75) is 45.5 Å². The molecular formula is C17H22N4O4. The second-order valence-corrected chi connectivity index (χ2v) is 6.18. The molecule has 1 fully saturated rings. The molecule has 1 aliphatic rings. The first-order chi connectivity index (χ1) is 12.1. The number of carbonyl (C=O) groups excluding carboxylic acids is 1. The molecule has 0 saturated carbocycles. The van der Waals surface area contributed by atoms with Crippen LogP contribution in [0.3, 0.4) is 0 Å². The average Bonchev–Trinajstić information content (AvgIpc) is 3.10. The minimum Gasteiger partial charge on any atom is -0.447 e. The Hall–Kier alpha value is -2.48. The first kappa shape index (κ1) is 17.3. The molecular weight excluding hydrogens is 324 g/mol. The second-order valence-electron chi connectivity index (χ2n) is 6.18. The molecule has 1 saturated heterocycles. The number of rotatable bonds is 5. The molecule has 0 radical (unpaired) electrons. The van der Waals surface area contributed by atoms with Crippen LogP contribution >= 0.6 is 0 Å². The zero-order valence-corrected chi connectivity index (χ0v) is 14.4. The number of hydrogen-bond donors (Lipinski definition) is 0. The highest BCUT2D eigenvalue weighted by Crippen LogP contribution is 2.18. The molecule has 1 aliphatic heterocycles. The molecule has 0 atom stereocenters. The largest absolute Gasteiger partial charge is 0.447 e. The Morgan fingerprint density at radius 2 is 2.04 bits per heavy atom. The van der Waals surface area contributed by atoms with Gasteiger partial charge in [0.15, 0.2) is 0 Å². The maximum Gasteiger partial charge on any atom is 0.410 e. The number of carbonyl (C=O) groups is 1. The third kappa shape index (κ3) is 4.76. The molecule has 2 aromatic heterocycles. The maximum atomic E-state index is 11.9. The van der Waals surface area contributed by atoms with Gasteiger partial charge >= 0.3 is 6.09 Å². The van der Waals surface area contributed by atoms with Gasteiger partial charge in [-0.3, -0.25) is 4.98 Å². The quantitative estimate of drug-likeness (QED) is 0.822. The van der Waals surface area contributed by atoms with Crippen molar-refractivity contribution in [1.29, 1.82) is 0 Å². The van der Waals surface area contributed by atoms with Crippen molar-refractivity contribution in [3.05, 3.63) is 30.4 Å². The molecule has 0 bridgehead atoms. The van der Waals surface area contributed by atoms with Gasteiger partial charge in [-0.2, -0.15) is 4.98 Å². The Labute approximate surface area is 146 Å². The Balaban J connectivity index is 1.45. The summed E-state index contributed by atoms with van der Waals surface area (Å²) in [4.78, 5) is 21.9. The van der Waals surface area contributed by atoms with Crippen LogP contribution in [0.25, 0.3) is 11.4 Å². The lowest BCUT2D eigenvalue weighted by Crippen LogP contribution is -2.41. The summed E-state index contributed by atoms with van der Waals surface area (Å²) in [5.41, 5.74) is 0.849. The predicted octanol–water partition coefficient (Wildman–Crippen LogP) is 2.66. The smallest absolute Gasteiger partial charge is 0.410 e. The molecule has 0 N–H and O–H groups in total. The summed E-state index contributed by atoms with van der Waals surface area (Å²) in [7, 11) is 0. The van der Waals surface area contributed by atoms with Gasteiger partial charge in [0.25, 0.3) is 5.89 Å². The van der Waals surface area contributed by atoms with E-state index in [4.69, 9.17) is 14.0 Å². The van der Waals surface area contributed by atoms with Gasteiger partial charge in [-0.1, -0.05) is 5.16 Å². The fraction of sp³-hybridized carbons (Fsp3) is 0.529. The minimum atomic E-state index is -0.257. The van der Waals surface area contributed by atoms with Crippen LogP contribution in [0.2, 0.25) is 0 Å². The molecule has 0 aromatic carbocycles. The number of pyridine rings is 1. The number of aromatic nitrogens is 3. The van der Waals surface area contributed by atoms with Crippen LogP contribution in [-0.4, -0.2) is 51.4 Å². The zero-order valence-electron chi connectivity index (χ0n) is 14.4. The van der Waals surface area contributed by atoms with Crippen molar-refractivity contribution in [1.82, 2.24) is 20.0 Å². The summed E-state index contributed by atoms with van der Waals surface area (Å²) >= 11 is 0. The minimum absolute atomic E-state index is 0.0689. The van der Waals surface area contributed by atoms with Gasteiger partial charge in [0.05, 0.1) is 12.2 Å². The fourth-order valence-electron chi connectivity index (χ4n) is 2.60. The van der Waals surface area contributed by atoms with Crippen molar-refractivity contribution in [2.24, 2.45) is 0 Å². The lowest BCUT2D eigenvalue weighted by Gasteiger charge is -2.31. The molecule has 2 aromatic rings. The summed E-state index contributed by atoms with van der Waals surface area (Å²) < 4.78 is 16.3. The van der Waals surface area contributed by atoms with E-state index in [0.717, 1.165) is 18.4 Å². The zero-order chi connectivity index (χ0) is 17.6. The predicted molar refractivity (Wildman–Crippen MR) is 88.5 cm³/mol. The van der Waals surface area contributed by atoms with Crippen LogP contribution in [-0.2, 0) is 16.1 Å². The van der Waals surface area contributed by atoms with Gasteiger partial charge < -0.3 is 18.9 Å².